The second-order valence-electron chi connectivity index (χ2n) is 14.4. The van der Waals surface area contributed by atoms with Gasteiger partial charge in [0, 0.05) is 39.9 Å². The standard InChI is InChI=1S/C39H43N3O13/c1-49-23-10-9-19-28-34(53-32(19)33(23)50-2)27-20(21-16-42-22-8-4-3-7-18(21)22)13-17(14-24(27)55-39(28)11-5-6-12-39)51-38-31(48)29(46)30(47)35(54-38)36(37(40)41)52-26(45)15-25(43)44/h3-4,7-10,13-14,16,28-31,34-38,42,46-48H,5-6,11-12,15,40-41H2,1-2H3,(H,43,44). The largest absolute Gasteiger partial charge is 0.493 e. The summed E-state index contributed by atoms with van der Waals surface area (Å²) in [6.45, 7) is 0. The fourth-order valence-electron chi connectivity index (χ4n) is 8.71. The smallest absolute Gasteiger partial charge is 0.317 e. The minimum Gasteiger partial charge on any atom is -0.493 e. The van der Waals surface area contributed by atoms with Crippen LogP contribution in [0.15, 0.2) is 54.7 Å². The molecule has 1 spiro atoms. The number of carbonyl (C=O) groups excluding carboxylic acids is 1. The number of H-pyrrole nitrogens is 1. The number of aliphatic hydroxyl groups excluding tert-OH is 3. The summed E-state index contributed by atoms with van der Waals surface area (Å²) >= 11 is 0. The summed E-state index contributed by atoms with van der Waals surface area (Å²) in [4.78, 5) is 26.8. The summed E-state index contributed by atoms with van der Waals surface area (Å²) in [5.74, 6) is -0.611. The van der Waals surface area contributed by atoms with Crippen LogP contribution in [0.1, 0.15) is 55.3 Å². The van der Waals surface area contributed by atoms with Gasteiger partial charge in [-0.15, -0.1) is 0 Å². The number of para-hydroxylation sites is 1. The van der Waals surface area contributed by atoms with Gasteiger partial charge >= 0.3 is 11.9 Å². The average molecular weight is 762 g/mol. The van der Waals surface area contributed by atoms with Gasteiger partial charge in [0.15, 0.2) is 17.6 Å². The predicted molar refractivity (Wildman–Crippen MR) is 193 cm³/mol. The summed E-state index contributed by atoms with van der Waals surface area (Å²) in [5, 5.41) is 43.0. The lowest BCUT2D eigenvalue weighted by Gasteiger charge is -2.45. The lowest BCUT2D eigenvalue weighted by atomic mass is 9.73. The zero-order valence-electron chi connectivity index (χ0n) is 30.0. The molecule has 8 unspecified atom stereocenters. The van der Waals surface area contributed by atoms with Crippen LogP contribution in [-0.2, 0) is 19.1 Å². The van der Waals surface area contributed by atoms with Crippen LogP contribution in [0.5, 0.6) is 28.7 Å². The van der Waals surface area contributed by atoms with E-state index in [1.807, 2.05) is 42.6 Å². The lowest BCUT2D eigenvalue weighted by molar-refractivity contribution is -0.291. The van der Waals surface area contributed by atoms with Crippen molar-refractivity contribution in [2.24, 2.45) is 11.5 Å². The van der Waals surface area contributed by atoms with E-state index in [4.69, 9.17) is 49.7 Å². The number of nitrogens with two attached hydrogens (primary N) is 2. The van der Waals surface area contributed by atoms with E-state index in [2.05, 4.69) is 4.98 Å². The number of esters is 1. The highest BCUT2D eigenvalue weighted by molar-refractivity contribution is 5.97. The fraction of sp³-hybridized carbons (Fsp3) is 0.436. The van der Waals surface area contributed by atoms with E-state index in [0.29, 0.717) is 28.6 Å². The third-order valence-electron chi connectivity index (χ3n) is 11.1. The molecule has 4 aliphatic rings. The maximum atomic E-state index is 12.3. The van der Waals surface area contributed by atoms with E-state index < -0.39 is 73.0 Å². The minimum absolute atomic E-state index is 0.170. The molecule has 8 atom stereocenters. The topological polar surface area (TPSA) is 247 Å². The van der Waals surface area contributed by atoms with Crippen LogP contribution in [0.3, 0.4) is 0 Å². The van der Waals surface area contributed by atoms with Gasteiger partial charge in [0.05, 0.1) is 26.3 Å². The molecule has 2 fully saturated rings. The SMILES string of the molecule is COc1ccc2c(c1OC)OC1c3c(cc(OC4OC(C(OC(=O)CC(=O)O)C(N)N)C(O)C(O)C4O)cc3-c3c[nH]c4ccccc34)OC3(CCCC3)C21. The second kappa shape index (κ2) is 14.2. The van der Waals surface area contributed by atoms with E-state index in [0.717, 1.165) is 53.3 Å². The molecular weight excluding hydrogens is 718 g/mol. The molecule has 3 aromatic carbocycles. The number of carboxylic acid groups (broad SMARTS) is 1. The highest BCUT2D eigenvalue weighted by atomic mass is 16.7. The van der Waals surface area contributed by atoms with E-state index in [1.165, 1.54) is 0 Å². The number of fused-ring (bicyclic) bond motifs is 7. The van der Waals surface area contributed by atoms with Crippen molar-refractivity contribution >= 4 is 22.8 Å². The van der Waals surface area contributed by atoms with Gasteiger partial charge in [-0.3, -0.25) is 9.59 Å². The molecule has 4 heterocycles. The summed E-state index contributed by atoms with van der Waals surface area (Å²) in [6.07, 6.45) is -8.14. The van der Waals surface area contributed by atoms with Crippen LogP contribution in [-0.4, -0.2) is 100 Å². The first kappa shape index (κ1) is 36.9. The van der Waals surface area contributed by atoms with Crippen LogP contribution in [0.2, 0.25) is 0 Å². The van der Waals surface area contributed by atoms with Gasteiger partial charge in [-0.25, -0.2) is 0 Å². The minimum atomic E-state index is -1.87. The molecule has 1 saturated heterocycles. The maximum Gasteiger partial charge on any atom is 0.317 e. The lowest BCUT2D eigenvalue weighted by Crippen LogP contribution is -2.66. The van der Waals surface area contributed by atoms with Crippen LogP contribution < -0.4 is 35.2 Å². The summed E-state index contributed by atoms with van der Waals surface area (Å²) in [7, 11) is 3.15. The molecule has 0 amide bonds. The number of benzene rings is 3. The zero-order chi connectivity index (χ0) is 38.8. The van der Waals surface area contributed by atoms with Crippen molar-refractivity contribution in [3.8, 4) is 39.9 Å². The summed E-state index contributed by atoms with van der Waals surface area (Å²) in [5.41, 5.74) is 15.2. The van der Waals surface area contributed by atoms with Crippen molar-refractivity contribution in [1.29, 1.82) is 0 Å². The molecule has 292 valence electrons. The van der Waals surface area contributed by atoms with Crippen molar-refractivity contribution in [3.63, 3.8) is 0 Å². The van der Waals surface area contributed by atoms with Gasteiger partial charge in [0.2, 0.25) is 12.0 Å². The van der Waals surface area contributed by atoms with E-state index in [1.54, 1.807) is 26.4 Å². The number of methoxy groups -OCH3 is 2. The zero-order valence-corrected chi connectivity index (χ0v) is 30.0. The third kappa shape index (κ3) is 6.18. The predicted octanol–water partition coefficient (Wildman–Crippen LogP) is 2.59. The number of nitrogens with one attached hydrogen (secondary N) is 1. The van der Waals surface area contributed by atoms with Crippen molar-refractivity contribution < 1.29 is 63.2 Å². The summed E-state index contributed by atoms with van der Waals surface area (Å²) < 4.78 is 42.9. The monoisotopic (exact) mass is 761 g/mol. The second-order valence-corrected chi connectivity index (χ2v) is 14.4. The molecule has 1 saturated carbocycles. The van der Waals surface area contributed by atoms with E-state index in [-0.39, 0.29) is 11.7 Å². The Bertz CT molecular complexity index is 2110. The molecule has 55 heavy (non-hydrogen) atoms. The molecule has 3 aliphatic heterocycles. The molecule has 8 rings (SSSR count). The highest BCUT2D eigenvalue weighted by Crippen LogP contribution is 2.65. The van der Waals surface area contributed by atoms with Crippen molar-refractivity contribution in [2.75, 3.05) is 14.2 Å². The third-order valence-corrected chi connectivity index (χ3v) is 11.1. The Hall–Kier alpha value is -5.10. The Balaban J connectivity index is 1.23. The Morgan fingerprint density at radius 2 is 1.75 bits per heavy atom. The molecule has 16 heteroatoms. The molecule has 4 aromatic rings. The summed E-state index contributed by atoms with van der Waals surface area (Å²) in [6, 6.07) is 15.1. The number of aliphatic hydroxyl groups is 3. The number of aromatic amines is 1. The van der Waals surface area contributed by atoms with Gasteiger partial charge in [-0.05, 0) is 49.4 Å². The van der Waals surface area contributed by atoms with E-state index in [9.17, 15) is 24.9 Å². The number of ether oxygens (including phenoxy) is 7. The van der Waals surface area contributed by atoms with Crippen LogP contribution >= 0.6 is 0 Å². The fourth-order valence-corrected chi connectivity index (χ4v) is 8.71. The molecule has 0 radical (unpaired) electrons. The van der Waals surface area contributed by atoms with Gasteiger partial charge < -0.3 is 70.0 Å². The normalized spacial score (nSPS) is 26.7. The molecule has 1 aliphatic carbocycles. The number of carbonyl (C=O) groups is 2. The molecule has 16 nitrogen and oxygen atoms in total. The Labute approximate surface area is 314 Å². The Morgan fingerprint density at radius 3 is 2.45 bits per heavy atom. The van der Waals surface area contributed by atoms with Crippen molar-refractivity contribution in [2.45, 2.75) is 92.7 Å². The van der Waals surface area contributed by atoms with Crippen molar-refractivity contribution in [1.82, 2.24) is 4.98 Å². The number of rotatable bonds is 10. The maximum absolute atomic E-state index is 12.3. The number of carboxylic acids is 1. The van der Waals surface area contributed by atoms with Gasteiger partial charge in [0.25, 0.3) is 0 Å². The Kier molecular flexibility index (Phi) is 9.51. The first-order chi connectivity index (χ1) is 26.4. The molecular formula is C39H43N3O13. The van der Waals surface area contributed by atoms with Gasteiger partial charge in [0.1, 0.15) is 54.0 Å². The quantitative estimate of drug-likeness (QED) is 0.0697. The highest BCUT2D eigenvalue weighted by Gasteiger charge is 2.58. The molecule has 0 bridgehead atoms. The number of aliphatic carboxylic acids is 1. The molecule has 9 N–H and O–H groups in total. The van der Waals surface area contributed by atoms with Crippen LogP contribution in [0.4, 0.5) is 0 Å². The average Bonchev–Trinajstić information content (AvgIpc) is 3.91. The first-order valence-corrected chi connectivity index (χ1v) is 18.1. The first-order valence-electron chi connectivity index (χ1n) is 18.1. The van der Waals surface area contributed by atoms with Gasteiger partial charge in [-0.1, -0.05) is 24.3 Å². The van der Waals surface area contributed by atoms with Gasteiger partial charge in [-0.2, -0.15) is 0 Å². The number of aromatic nitrogens is 1. The number of hydrogen-bond acceptors (Lipinski definition) is 14. The Morgan fingerprint density at radius 1 is 0.982 bits per heavy atom. The molecule has 1 aromatic heterocycles. The van der Waals surface area contributed by atoms with E-state index >= 15 is 0 Å². The van der Waals surface area contributed by atoms with Crippen molar-refractivity contribution in [3.05, 3.63) is 65.9 Å². The van der Waals surface area contributed by atoms with Crippen LogP contribution in [0.25, 0.3) is 22.0 Å². The number of hydrogen-bond donors (Lipinski definition) is 7. The van der Waals surface area contributed by atoms with Crippen LogP contribution in [0, 0.1) is 0 Å².